The molecule has 1 heterocycles. The van der Waals surface area contributed by atoms with E-state index in [1.165, 1.54) is 0 Å². The highest BCUT2D eigenvalue weighted by atomic mass is 19.4. The topological polar surface area (TPSA) is 12.4 Å². The van der Waals surface area contributed by atoms with Crippen molar-refractivity contribution in [2.24, 2.45) is 4.99 Å². The zero-order chi connectivity index (χ0) is 11.8. The molecular weight excluding hydrogens is 215 g/mol. The standard InChI is InChI=1S/C12H10F3N/c1-8(12(13,14)15)11-7-16-6-9-4-2-3-5-10(9)11/h2-6,11H,1,7H2. The maximum atomic E-state index is 12.6. The lowest BCUT2D eigenvalue weighted by molar-refractivity contribution is -0.0952. The molecule has 0 N–H and O–H groups in total. The van der Waals surface area contributed by atoms with Gasteiger partial charge in [-0.15, -0.1) is 0 Å². The normalized spacial score (nSPS) is 19.3. The number of benzene rings is 1. The first kappa shape index (κ1) is 10.9. The highest BCUT2D eigenvalue weighted by molar-refractivity contribution is 5.83. The lowest BCUT2D eigenvalue weighted by Gasteiger charge is -2.24. The zero-order valence-electron chi connectivity index (χ0n) is 8.46. The predicted molar refractivity (Wildman–Crippen MR) is 56.8 cm³/mol. The first-order valence-corrected chi connectivity index (χ1v) is 4.85. The molecule has 1 unspecified atom stereocenters. The number of hydrogen-bond acceptors (Lipinski definition) is 1. The van der Waals surface area contributed by atoms with Crippen molar-refractivity contribution in [1.82, 2.24) is 0 Å². The van der Waals surface area contributed by atoms with Crippen LogP contribution in [0.25, 0.3) is 0 Å². The molecule has 2 rings (SSSR count). The molecule has 0 bridgehead atoms. The van der Waals surface area contributed by atoms with Gasteiger partial charge < -0.3 is 0 Å². The summed E-state index contributed by atoms with van der Waals surface area (Å²) in [4.78, 5) is 3.95. The number of rotatable bonds is 1. The SMILES string of the molecule is C=C(C1CN=Cc2ccccc21)C(F)(F)F. The molecule has 4 heteroatoms. The Bertz CT molecular complexity index is 446. The third kappa shape index (κ3) is 1.87. The number of hydrogen-bond donors (Lipinski definition) is 0. The van der Waals surface area contributed by atoms with Gasteiger partial charge in [0.25, 0.3) is 0 Å². The van der Waals surface area contributed by atoms with Crippen molar-refractivity contribution >= 4 is 6.21 Å². The molecule has 0 amide bonds. The van der Waals surface area contributed by atoms with Crippen LogP contribution < -0.4 is 0 Å². The van der Waals surface area contributed by atoms with Crippen molar-refractivity contribution in [2.75, 3.05) is 6.54 Å². The molecule has 1 nitrogen and oxygen atoms in total. The van der Waals surface area contributed by atoms with Crippen molar-refractivity contribution < 1.29 is 13.2 Å². The minimum absolute atomic E-state index is 0.120. The van der Waals surface area contributed by atoms with Crippen LogP contribution in [-0.2, 0) is 0 Å². The summed E-state index contributed by atoms with van der Waals surface area (Å²) in [5.41, 5.74) is 0.667. The third-order valence-electron chi connectivity index (χ3n) is 2.67. The van der Waals surface area contributed by atoms with Gasteiger partial charge in [-0.2, -0.15) is 13.2 Å². The van der Waals surface area contributed by atoms with Crippen LogP contribution >= 0.6 is 0 Å². The Kier molecular flexibility index (Phi) is 2.58. The average Bonchev–Trinajstić information content (AvgIpc) is 2.26. The van der Waals surface area contributed by atoms with E-state index in [0.29, 0.717) is 5.56 Å². The number of nitrogens with zero attached hydrogens (tertiary/aromatic N) is 1. The molecule has 1 aliphatic rings. The van der Waals surface area contributed by atoms with Gasteiger partial charge in [0.1, 0.15) is 0 Å². The summed E-state index contributed by atoms with van der Waals surface area (Å²) >= 11 is 0. The first-order valence-electron chi connectivity index (χ1n) is 4.85. The molecule has 0 aromatic heterocycles. The molecule has 0 aliphatic carbocycles. The number of alkyl halides is 3. The van der Waals surface area contributed by atoms with Crippen molar-refractivity contribution in [3.8, 4) is 0 Å². The van der Waals surface area contributed by atoms with Crippen LogP contribution in [-0.4, -0.2) is 18.9 Å². The molecule has 1 aromatic rings. The molecule has 0 radical (unpaired) electrons. The third-order valence-corrected chi connectivity index (χ3v) is 2.67. The van der Waals surface area contributed by atoms with Crippen LogP contribution in [0.2, 0.25) is 0 Å². The summed E-state index contributed by atoms with van der Waals surface area (Å²) in [5.74, 6) is -0.749. The lowest BCUT2D eigenvalue weighted by Crippen LogP contribution is -2.22. The van der Waals surface area contributed by atoms with Gasteiger partial charge in [0, 0.05) is 24.3 Å². The molecule has 0 saturated heterocycles. The summed E-state index contributed by atoms with van der Waals surface area (Å²) in [6.07, 6.45) is -2.75. The quantitative estimate of drug-likeness (QED) is 0.650. The largest absolute Gasteiger partial charge is 0.412 e. The van der Waals surface area contributed by atoms with Crippen molar-refractivity contribution in [3.05, 3.63) is 47.5 Å². The van der Waals surface area contributed by atoms with Gasteiger partial charge in [0.15, 0.2) is 0 Å². The lowest BCUT2D eigenvalue weighted by atomic mass is 9.87. The second-order valence-electron chi connectivity index (χ2n) is 3.70. The maximum Gasteiger partial charge on any atom is 0.412 e. The molecule has 1 aromatic carbocycles. The van der Waals surface area contributed by atoms with Gasteiger partial charge in [-0.1, -0.05) is 30.8 Å². The molecule has 0 spiro atoms. The average molecular weight is 225 g/mol. The Morgan fingerprint density at radius 2 is 2.00 bits per heavy atom. The van der Waals surface area contributed by atoms with Crippen LogP contribution in [0.1, 0.15) is 17.0 Å². The monoisotopic (exact) mass is 225 g/mol. The van der Waals surface area contributed by atoms with E-state index in [4.69, 9.17) is 0 Å². The van der Waals surface area contributed by atoms with Gasteiger partial charge in [0.2, 0.25) is 0 Å². The zero-order valence-corrected chi connectivity index (χ0v) is 8.46. The van der Waals surface area contributed by atoms with E-state index in [1.807, 2.05) is 0 Å². The molecule has 0 saturated carbocycles. The Labute approximate surface area is 91.3 Å². The fourth-order valence-corrected chi connectivity index (χ4v) is 1.80. The summed E-state index contributed by atoms with van der Waals surface area (Å²) in [5, 5.41) is 0. The number of fused-ring (bicyclic) bond motifs is 1. The van der Waals surface area contributed by atoms with Crippen LogP contribution in [0.4, 0.5) is 13.2 Å². The second-order valence-corrected chi connectivity index (χ2v) is 3.70. The van der Waals surface area contributed by atoms with E-state index in [0.717, 1.165) is 5.56 Å². The van der Waals surface area contributed by atoms with Gasteiger partial charge in [-0.3, -0.25) is 4.99 Å². The number of halogens is 3. The highest BCUT2D eigenvalue weighted by Gasteiger charge is 2.38. The summed E-state index contributed by atoms with van der Waals surface area (Å²) in [6.45, 7) is 3.27. The molecule has 16 heavy (non-hydrogen) atoms. The fraction of sp³-hybridized carbons (Fsp3) is 0.250. The van der Waals surface area contributed by atoms with Crippen LogP contribution in [0, 0.1) is 0 Å². The summed E-state index contributed by atoms with van der Waals surface area (Å²) < 4.78 is 37.7. The summed E-state index contributed by atoms with van der Waals surface area (Å²) in [7, 11) is 0. The van der Waals surface area contributed by atoms with E-state index < -0.39 is 17.7 Å². The molecule has 84 valence electrons. The van der Waals surface area contributed by atoms with E-state index in [9.17, 15) is 13.2 Å². The summed E-state index contributed by atoms with van der Waals surface area (Å²) in [6, 6.07) is 6.97. The Morgan fingerprint density at radius 1 is 1.31 bits per heavy atom. The maximum absolute atomic E-state index is 12.6. The second kappa shape index (κ2) is 3.77. The Hall–Kier alpha value is -1.58. The smallest absolute Gasteiger partial charge is 0.292 e. The van der Waals surface area contributed by atoms with Crippen molar-refractivity contribution in [3.63, 3.8) is 0 Å². The van der Waals surface area contributed by atoms with Crippen molar-refractivity contribution in [2.45, 2.75) is 12.1 Å². The van der Waals surface area contributed by atoms with Gasteiger partial charge in [-0.25, -0.2) is 0 Å². The minimum atomic E-state index is -4.36. The van der Waals surface area contributed by atoms with Crippen LogP contribution in [0.15, 0.2) is 41.4 Å². The van der Waals surface area contributed by atoms with E-state index in [2.05, 4.69) is 11.6 Å². The van der Waals surface area contributed by atoms with Crippen molar-refractivity contribution in [1.29, 1.82) is 0 Å². The molecule has 1 atom stereocenters. The van der Waals surface area contributed by atoms with Gasteiger partial charge in [0.05, 0.1) is 0 Å². The van der Waals surface area contributed by atoms with Gasteiger partial charge in [-0.05, 0) is 11.1 Å². The fourth-order valence-electron chi connectivity index (χ4n) is 1.80. The molecule has 0 fully saturated rings. The Balaban J connectivity index is 2.40. The number of aliphatic imine (C=N–C) groups is 1. The highest BCUT2D eigenvalue weighted by Crippen LogP contribution is 2.38. The minimum Gasteiger partial charge on any atom is -0.292 e. The van der Waals surface area contributed by atoms with Crippen LogP contribution in [0.5, 0.6) is 0 Å². The molecule has 1 aliphatic heterocycles. The first-order chi connectivity index (χ1) is 7.50. The van der Waals surface area contributed by atoms with E-state index in [1.54, 1.807) is 30.5 Å². The Morgan fingerprint density at radius 3 is 2.69 bits per heavy atom. The van der Waals surface area contributed by atoms with E-state index >= 15 is 0 Å². The molecular formula is C12H10F3N. The van der Waals surface area contributed by atoms with Gasteiger partial charge >= 0.3 is 6.18 Å². The predicted octanol–water partition coefficient (Wildman–Crippen LogP) is 3.32. The van der Waals surface area contributed by atoms with Crippen LogP contribution in [0.3, 0.4) is 0 Å². The van der Waals surface area contributed by atoms with E-state index in [-0.39, 0.29) is 6.54 Å².